The SMILES string of the molecule is CCN(CCC1NC(=O)NC1=O)S(=O)(=O)c1ccc(Oc2ccc(OC)cc2)cc1. The third kappa shape index (κ3) is 4.89. The molecule has 1 saturated heterocycles. The molecule has 3 amide bonds. The molecular weight excluding hydrogens is 410 g/mol. The lowest BCUT2D eigenvalue weighted by atomic mass is 10.2. The first kappa shape index (κ1) is 21.6. The van der Waals surface area contributed by atoms with Crippen molar-refractivity contribution in [3.05, 3.63) is 48.5 Å². The average Bonchev–Trinajstić information content (AvgIpc) is 3.06. The topological polar surface area (TPSA) is 114 Å². The lowest BCUT2D eigenvalue weighted by Crippen LogP contribution is -2.37. The molecule has 2 aromatic rings. The summed E-state index contributed by atoms with van der Waals surface area (Å²) in [5.41, 5.74) is 0. The molecule has 3 rings (SSSR count). The first-order chi connectivity index (χ1) is 14.3. The van der Waals surface area contributed by atoms with Crippen molar-refractivity contribution in [2.75, 3.05) is 20.2 Å². The molecule has 9 nitrogen and oxygen atoms in total. The van der Waals surface area contributed by atoms with Crippen LogP contribution in [0.15, 0.2) is 53.4 Å². The van der Waals surface area contributed by atoms with E-state index in [9.17, 15) is 18.0 Å². The molecule has 10 heteroatoms. The molecule has 30 heavy (non-hydrogen) atoms. The number of amides is 3. The molecule has 160 valence electrons. The Morgan fingerprint density at radius 3 is 2.03 bits per heavy atom. The molecule has 2 aromatic carbocycles. The molecule has 0 bridgehead atoms. The van der Waals surface area contributed by atoms with Crippen molar-refractivity contribution in [3.8, 4) is 17.2 Å². The maximum Gasteiger partial charge on any atom is 0.322 e. The number of imide groups is 1. The van der Waals surface area contributed by atoms with Crippen LogP contribution in [0.2, 0.25) is 0 Å². The fourth-order valence-corrected chi connectivity index (χ4v) is 4.46. The zero-order chi connectivity index (χ0) is 21.7. The number of ether oxygens (including phenoxy) is 2. The van der Waals surface area contributed by atoms with Crippen LogP contribution in [0.25, 0.3) is 0 Å². The van der Waals surface area contributed by atoms with Crippen molar-refractivity contribution in [2.24, 2.45) is 0 Å². The van der Waals surface area contributed by atoms with Gasteiger partial charge in [-0.15, -0.1) is 0 Å². The number of hydrogen-bond acceptors (Lipinski definition) is 6. The maximum absolute atomic E-state index is 12.9. The highest BCUT2D eigenvalue weighted by molar-refractivity contribution is 7.89. The van der Waals surface area contributed by atoms with E-state index in [1.54, 1.807) is 50.4 Å². The van der Waals surface area contributed by atoms with E-state index in [0.29, 0.717) is 17.2 Å². The molecule has 0 aliphatic carbocycles. The number of carbonyl (C=O) groups excluding carboxylic acids is 2. The molecule has 2 N–H and O–H groups in total. The summed E-state index contributed by atoms with van der Waals surface area (Å²) in [7, 11) is -2.18. The van der Waals surface area contributed by atoms with Crippen LogP contribution in [0.1, 0.15) is 13.3 Å². The summed E-state index contributed by atoms with van der Waals surface area (Å²) in [5.74, 6) is 1.34. The quantitative estimate of drug-likeness (QED) is 0.586. The van der Waals surface area contributed by atoms with Gasteiger partial charge in [-0.25, -0.2) is 13.2 Å². The highest BCUT2D eigenvalue weighted by Crippen LogP contribution is 2.26. The Morgan fingerprint density at radius 1 is 0.967 bits per heavy atom. The zero-order valence-corrected chi connectivity index (χ0v) is 17.4. The fraction of sp³-hybridized carbons (Fsp3) is 0.300. The zero-order valence-electron chi connectivity index (χ0n) is 16.6. The molecule has 1 fully saturated rings. The molecular formula is C20H23N3O6S. The van der Waals surface area contributed by atoms with Crippen molar-refractivity contribution >= 4 is 22.0 Å². The standard InChI is InChI=1S/C20H23N3O6S/c1-3-23(13-12-18-19(24)22-20(25)21-18)30(26,27)17-10-8-16(9-11-17)29-15-6-4-14(28-2)5-7-15/h4-11,18H,3,12-13H2,1-2H3,(H2,21,22,24,25). The number of methoxy groups -OCH3 is 1. The summed E-state index contributed by atoms with van der Waals surface area (Å²) in [6.45, 7) is 2.04. The Hall–Kier alpha value is -3.11. The minimum Gasteiger partial charge on any atom is -0.497 e. The Balaban J connectivity index is 1.66. The lowest BCUT2D eigenvalue weighted by Gasteiger charge is -2.21. The van der Waals surface area contributed by atoms with E-state index in [1.807, 2.05) is 0 Å². The molecule has 1 atom stereocenters. The summed E-state index contributed by atoms with van der Waals surface area (Å²) in [6, 6.07) is 11.8. The average molecular weight is 433 g/mol. The van der Waals surface area contributed by atoms with Gasteiger partial charge in [0, 0.05) is 13.1 Å². The number of benzene rings is 2. The van der Waals surface area contributed by atoms with Crippen LogP contribution in [0.3, 0.4) is 0 Å². The number of rotatable bonds is 9. The number of urea groups is 1. The van der Waals surface area contributed by atoms with Gasteiger partial charge in [0.1, 0.15) is 23.3 Å². The number of nitrogens with one attached hydrogen (secondary N) is 2. The Kier molecular flexibility index (Phi) is 6.58. The first-order valence-electron chi connectivity index (χ1n) is 9.37. The van der Waals surface area contributed by atoms with Crippen molar-refractivity contribution < 1.29 is 27.5 Å². The Morgan fingerprint density at radius 2 is 1.53 bits per heavy atom. The molecule has 0 saturated carbocycles. The molecule has 0 radical (unpaired) electrons. The molecule has 1 heterocycles. The largest absolute Gasteiger partial charge is 0.497 e. The minimum atomic E-state index is -3.76. The summed E-state index contributed by atoms with van der Waals surface area (Å²) in [6.07, 6.45) is 0.184. The van der Waals surface area contributed by atoms with Crippen LogP contribution in [0.5, 0.6) is 17.2 Å². The second-order valence-corrected chi connectivity index (χ2v) is 8.49. The molecule has 1 aliphatic rings. The smallest absolute Gasteiger partial charge is 0.322 e. The van der Waals surface area contributed by atoms with E-state index in [-0.39, 0.29) is 24.4 Å². The monoisotopic (exact) mass is 433 g/mol. The van der Waals surface area contributed by atoms with Gasteiger partial charge in [-0.2, -0.15) is 4.31 Å². The molecule has 1 unspecified atom stereocenters. The Bertz CT molecular complexity index is 1010. The van der Waals surface area contributed by atoms with Crippen LogP contribution in [0, 0.1) is 0 Å². The molecule has 1 aliphatic heterocycles. The second kappa shape index (κ2) is 9.14. The van der Waals surface area contributed by atoms with Gasteiger partial charge in [-0.1, -0.05) is 6.92 Å². The maximum atomic E-state index is 12.9. The summed E-state index contributed by atoms with van der Waals surface area (Å²) in [4.78, 5) is 23.0. The third-order valence-electron chi connectivity index (χ3n) is 4.64. The third-order valence-corrected chi connectivity index (χ3v) is 6.62. The van der Waals surface area contributed by atoms with Gasteiger partial charge in [-0.05, 0) is 55.0 Å². The van der Waals surface area contributed by atoms with E-state index < -0.39 is 28.0 Å². The van der Waals surface area contributed by atoms with Gasteiger partial charge in [0.05, 0.1) is 12.0 Å². The van der Waals surface area contributed by atoms with Crippen LogP contribution in [-0.4, -0.2) is 50.9 Å². The predicted octanol–water partition coefficient (Wildman–Crippen LogP) is 2.10. The van der Waals surface area contributed by atoms with Gasteiger partial charge in [-0.3, -0.25) is 10.1 Å². The van der Waals surface area contributed by atoms with Crippen molar-refractivity contribution in [3.63, 3.8) is 0 Å². The van der Waals surface area contributed by atoms with Crippen molar-refractivity contribution in [2.45, 2.75) is 24.3 Å². The van der Waals surface area contributed by atoms with E-state index in [0.717, 1.165) is 0 Å². The summed E-state index contributed by atoms with van der Waals surface area (Å²) in [5, 5.41) is 4.60. The normalized spacial score (nSPS) is 16.3. The number of nitrogens with zero attached hydrogens (tertiary/aromatic N) is 1. The van der Waals surface area contributed by atoms with Crippen LogP contribution >= 0.6 is 0 Å². The van der Waals surface area contributed by atoms with Gasteiger partial charge >= 0.3 is 6.03 Å². The second-order valence-electron chi connectivity index (χ2n) is 6.55. The number of carbonyl (C=O) groups is 2. The first-order valence-corrected chi connectivity index (χ1v) is 10.8. The van der Waals surface area contributed by atoms with Crippen molar-refractivity contribution in [1.82, 2.24) is 14.9 Å². The van der Waals surface area contributed by atoms with Crippen LogP contribution in [-0.2, 0) is 14.8 Å². The fourth-order valence-electron chi connectivity index (χ4n) is 2.99. The Labute approximate surface area is 175 Å². The van der Waals surface area contributed by atoms with E-state index in [4.69, 9.17) is 9.47 Å². The van der Waals surface area contributed by atoms with Crippen LogP contribution in [0.4, 0.5) is 4.79 Å². The number of sulfonamides is 1. The van der Waals surface area contributed by atoms with Gasteiger partial charge in [0.15, 0.2) is 0 Å². The summed E-state index contributed by atoms with van der Waals surface area (Å²) < 4.78 is 38.0. The highest BCUT2D eigenvalue weighted by atomic mass is 32.2. The van der Waals surface area contributed by atoms with E-state index in [2.05, 4.69) is 10.6 Å². The van der Waals surface area contributed by atoms with Gasteiger partial charge < -0.3 is 14.8 Å². The lowest BCUT2D eigenvalue weighted by molar-refractivity contribution is -0.120. The minimum absolute atomic E-state index is 0.0985. The van der Waals surface area contributed by atoms with Crippen LogP contribution < -0.4 is 20.1 Å². The number of hydrogen-bond donors (Lipinski definition) is 2. The van der Waals surface area contributed by atoms with E-state index in [1.165, 1.54) is 16.4 Å². The molecule has 0 aromatic heterocycles. The summed E-state index contributed by atoms with van der Waals surface area (Å²) >= 11 is 0. The predicted molar refractivity (Wildman–Crippen MR) is 109 cm³/mol. The molecule has 0 spiro atoms. The highest BCUT2D eigenvalue weighted by Gasteiger charge is 2.31. The van der Waals surface area contributed by atoms with Gasteiger partial charge in [0.2, 0.25) is 10.0 Å². The van der Waals surface area contributed by atoms with Crippen molar-refractivity contribution in [1.29, 1.82) is 0 Å². The van der Waals surface area contributed by atoms with E-state index >= 15 is 0 Å². The van der Waals surface area contributed by atoms with Gasteiger partial charge in [0.25, 0.3) is 5.91 Å².